The van der Waals surface area contributed by atoms with Gasteiger partial charge in [-0.1, -0.05) is 0 Å². The van der Waals surface area contributed by atoms with Crippen LogP contribution in [0.3, 0.4) is 0 Å². The summed E-state index contributed by atoms with van der Waals surface area (Å²) in [5.74, 6) is 0. The Morgan fingerprint density at radius 2 is 2.00 bits per heavy atom. The van der Waals surface area contributed by atoms with Crippen LogP contribution in [0.25, 0.3) is 0 Å². The number of methoxy groups -OCH3 is 1. The molecule has 0 aliphatic rings. The van der Waals surface area contributed by atoms with E-state index in [0.717, 1.165) is 0 Å². The van der Waals surface area contributed by atoms with Crippen molar-refractivity contribution in [1.29, 1.82) is 0 Å². The molecule has 0 bridgehead atoms. The van der Waals surface area contributed by atoms with Crippen molar-refractivity contribution in [3.8, 4) is 0 Å². The summed E-state index contributed by atoms with van der Waals surface area (Å²) in [5, 5.41) is 17.4. The molecule has 0 fully saturated rings. The van der Waals surface area contributed by atoms with Gasteiger partial charge in [-0.3, -0.25) is 0 Å². The molecular formula is C5H12O3. The summed E-state index contributed by atoms with van der Waals surface area (Å²) < 4.78 is 4.55. The van der Waals surface area contributed by atoms with Crippen molar-refractivity contribution in [2.45, 2.75) is 19.1 Å². The highest BCUT2D eigenvalue weighted by Gasteiger charge is 2.08. The molecule has 0 radical (unpaired) electrons. The van der Waals surface area contributed by atoms with Gasteiger partial charge in [0.15, 0.2) is 0 Å². The topological polar surface area (TPSA) is 49.7 Å². The Bertz CT molecular complexity index is 53.6. The Morgan fingerprint density at radius 3 is 2.12 bits per heavy atom. The van der Waals surface area contributed by atoms with E-state index in [2.05, 4.69) is 4.74 Å². The Kier molecular flexibility index (Phi) is 3.77. The molecule has 8 heavy (non-hydrogen) atoms. The second-order valence-corrected chi connectivity index (χ2v) is 1.76. The van der Waals surface area contributed by atoms with Crippen molar-refractivity contribution in [3.05, 3.63) is 0 Å². The summed E-state index contributed by atoms with van der Waals surface area (Å²) in [6, 6.07) is 0. The average molecular weight is 120 g/mol. The number of ether oxygens (including phenoxy) is 1. The lowest BCUT2D eigenvalue weighted by atomic mass is 10.2. The zero-order valence-electron chi connectivity index (χ0n) is 5.16. The minimum Gasteiger partial charge on any atom is -0.391 e. The van der Waals surface area contributed by atoms with Crippen molar-refractivity contribution in [2.24, 2.45) is 0 Å². The lowest BCUT2D eigenvalue weighted by Gasteiger charge is -2.10. The molecule has 0 amide bonds. The SMILES string of the molecule is COC[C@@H](O)[C@H](C)O. The zero-order valence-corrected chi connectivity index (χ0v) is 5.16. The van der Waals surface area contributed by atoms with E-state index in [4.69, 9.17) is 10.2 Å². The van der Waals surface area contributed by atoms with Crippen molar-refractivity contribution >= 4 is 0 Å². The largest absolute Gasteiger partial charge is 0.391 e. The Morgan fingerprint density at radius 1 is 1.50 bits per heavy atom. The van der Waals surface area contributed by atoms with Crippen molar-refractivity contribution in [3.63, 3.8) is 0 Å². The lowest BCUT2D eigenvalue weighted by molar-refractivity contribution is -0.0173. The van der Waals surface area contributed by atoms with E-state index in [-0.39, 0.29) is 6.61 Å². The highest BCUT2D eigenvalue weighted by Crippen LogP contribution is 1.90. The minimum absolute atomic E-state index is 0.192. The van der Waals surface area contributed by atoms with Gasteiger partial charge in [0.25, 0.3) is 0 Å². The summed E-state index contributed by atoms with van der Waals surface area (Å²) in [7, 11) is 1.48. The first-order valence-electron chi connectivity index (χ1n) is 2.53. The maximum absolute atomic E-state index is 8.75. The second-order valence-electron chi connectivity index (χ2n) is 1.76. The van der Waals surface area contributed by atoms with E-state index < -0.39 is 12.2 Å². The molecule has 2 atom stereocenters. The van der Waals surface area contributed by atoms with Gasteiger partial charge in [0, 0.05) is 7.11 Å². The number of hydrogen-bond donors (Lipinski definition) is 2. The highest BCUT2D eigenvalue weighted by atomic mass is 16.5. The molecule has 0 saturated carbocycles. The molecule has 0 aromatic rings. The van der Waals surface area contributed by atoms with E-state index in [1.807, 2.05) is 0 Å². The molecule has 0 aromatic carbocycles. The number of rotatable bonds is 3. The van der Waals surface area contributed by atoms with Crippen LogP contribution in [-0.2, 0) is 4.74 Å². The van der Waals surface area contributed by atoms with Crippen LogP contribution in [0.1, 0.15) is 6.92 Å². The van der Waals surface area contributed by atoms with E-state index in [1.165, 1.54) is 14.0 Å². The van der Waals surface area contributed by atoms with Gasteiger partial charge in [-0.15, -0.1) is 0 Å². The summed E-state index contributed by atoms with van der Waals surface area (Å²) in [6.07, 6.45) is -1.45. The normalized spacial score (nSPS) is 18.0. The molecule has 0 aliphatic carbocycles. The van der Waals surface area contributed by atoms with Gasteiger partial charge >= 0.3 is 0 Å². The highest BCUT2D eigenvalue weighted by molar-refractivity contribution is 4.58. The average Bonchev–Trinajstić information content (AvgIpc) is 1.67. The molecule has 0 heterocycles. The quantitative estimate of drug-likeness (QED) is 0.521. The van der Waals surface area contributed by atoms with E-state index in [0.29, 0.717) is 0 Å². The third-order valence-electron chi connectivity index (χ3n) is 0.894. The van der Waals surface area contributed by atoms with Gasteiger partial charge in [-0.05, 0) is 6.92 Å². The van der Waals surface area contributed by atoms with Gasteiger partial charge < -0.3 is 14.9 Å². The molecule has 0 saturated heterocycles. The molecule has 50 valence electrons. The summed E-state index contributed by atoms with van der Waals surface area (Å²) in [5.41, 5.74) is 0. The fourth-order valence-electron chi connectivity index (χ4n) is 0.310. The smallest absolute Gasteiger partial charge is 0.103 e. The first-order valence-corrected chi connectivity index (χ1v) is 2.53. The predicted molar refractivity (Wildman–Crippen MR) is 29.6 cm³/mol. The molecule has 0 spiro atoms. The Labute approximate surface area is 48.9 Å². The fourth-order valence-corrected chi connectivity index (χ4v) is 0.310. The van der Waals surface area contributed by atoms with Gasteiger partial charge in [0.05, 0.1) is 12.7 Å². The van der Waals surface area contributed by atoms with Gasteiger partial charge in [-0.2, -0.15) is 0 Å². The molecular weight excluding hydrogens is 108 g/mol. The standard InChI is InChI=1S/C5H12O3/c1-4(6)5(7)3-8-2/h4-7H,3H2,1-2H3/t4-,5+/m0/s1. The fraction of sp³-hybridized carbons (Fsp3) is 1.00. The molecule has 3 nitrogen and oxygen atoms in total. The number of aliphatic hydroxyl groups excluding tert-OH is 2. The number of aliphatic hydroxyl groups is 2. The third-order valence-corrected chi connectivity index (χ3v) is 0.894. The van der Waals surface area contributed by atoms with Crippen molar-refractivity contribution < 1.29 is 14.9 Å². The molecule has 0 aliphatic heterocycles. The van der Waals surface area contributed by atoms with Crippen LogP contribution in [0.2, 0.25) is 0 Å². The first kappa shape index (κ1) is 7.88. The van der Waals surface area contributed by atoms with Crippen LogP contribution >= 0.6 is 0 Å². The Hall–Kier alpha value is -0.120. The predicted octanol–water partition coefficient (Wildman–Crippen LogP) is -0.625. The van der Waals surface area contributed by atoms with Crippen LogP contribution in [-0.4, -0.2) is 36.1 Å². The Balaban J connectivity index is 3.17. The van der Waals surface area contributed by atoms with E-state index in [9.17, 15) is 0 Å². The van der Waals surface area contributed by atoms with E-state index >= 15 is 0 Å². The van der Waals surface area contributed by atoms with Crippen molar-refractivity contribution in [1.82, 2.24) is 0 Å². The van der Waals surface area contributed by atoms with Crippen LogP contribution < -0.4 is 0 Å². The first-order chi connectivity index (χ1) is 3.68. The van der Waals surface area contributed by atoms with Gasteiger partial charge in [0.2, 0.25) is 0 Å². The summed E-state index contributed by atoms with van der Waals surface area (Å²) >= 11 is 0. The molecule has 0 rings (SSSR count). The molecule has 0 aromatic heterocycles. The molecule has 0 unspecified atom stereocenters. The van der Waals surface area contributed by atoms with Gasteiger partial charge in [0.1, 0.15) is 6.10 Å². The van der Waals surface area contributed by atoms with Crippen LogP contribution in [0.15, 0.2) is 0 Å². The summed E-state index contributed by atoms with van der Waals surface area (Å²) in [6.45, 7) is 1.71. The molecule has 3 heteroatoms. The second kappa shape index (κ2) is 3.83. The maximum Gasteiger partial charge on any atom is 0.103 e. The lowest BCUT2D eigenvalue weighted by Crippen LogP contribution is -2.26. The number of hydrogen-bond acceptors (Lipinski definition) is 3. The summed E-state index contributed by atoms with van der Waals surface area (Å²) in [4.78, 5) is 0. The van der Waals surface area contributed by atoms with Crippen LogP contribution in [0.4, 0.5) is 0 Å². The van der Waals surface area contributed by atoms with Gasteiger partial charge in [-0.25, -0.2) is 0 Å². The van der Waals surface area contributed by atoms with Crippen molar-refractivity contribution in [2.75, 3.05) is 13.7 Å². The minimum atomic E-state index is -0.750. The van der Waals surface area contributed by atoms with Crippen LogP contribution in [0.5, 0.6) is 0 Å². The molecule has 2 N–H and O–H groups in total. The maximum atomic E-state index is 8.75. The van der Waals surface area contributed by atoms with Crippen LogP contribution in [0, 0.1) is 0 Å². The monoisotopic (exact) mass is 120 g/mol. The zero-order chi connectivity index (χ0) is 6.57. The van der Waals surface area contributed by atoms with E-state index in [1.54, 1.807) is 0 Å². The third kappa shape index (κ3) is 2.96.